The minimum atomic E-state index is -3.88. The second kappa shape index (κ2) is 7.86. The van der Waals surface area contributed by atoms with Crippen LogP contribution in [0, 0.1) is 5.92 Å². The van der Waals surface area contributed by atoms with Gasteiger partial charge in [-0.05, 0) is 49.9 Å². The number of carboxylic acids is 1. The average Bonchev–Trinajstić information content (AvgIpc) is 2.69. The Labute approximate surface area is 159 Å². The molecule has 0 unspecified atom stereocenters. The van der Waals surface area contributed by atoms with Crippen LogP contribution >= 0.6 is 0 Å². The minimum absolute atomic E-state index is 0.0425. The molecular formula is C17H23N2O6S2-. The molecule has 0 aliphatic carbocycles. The molecule has 3 rings (SSSR count). The molecule has 2 aliphatic heterocycles. The molecule has 0 spiro atoms. The molecule has 1 aromatic carbocycles. The zero-order chi connectivity index (χ0) is 19.7. The van der Waals surface area contributed by atoms with E-state index in [9.17, 15) is 26.7 Å². The summed E-state index contributed by atoms with van der Waals surface area (Å²) >= 11 is 0. The topological polar surface area (TPSA) is 115 Å². The predicted molar refractivity (Wildman–Crippen MR) is 95.5 cm³/mol. The van der Waals surface area contributed by atoms with E-state index < -0.39 is 31.9 Å². The summed E-state index contributed by atoms with van der Waals surface area (Å²) in [6.07, 6.45) is 3.48. The number of benzene rings is 1. The SMILES string of the molecule is O=C([O-])[C@@H]1CCCN(S(=O)(=O)c2ccc(S(=O)(=O)N3CCCCC3)cc2)C1. The van der Waals surface area contributed by atoms with Crippen molar-refractivity contribution in [2.75, 3.05) is 26.2 Å². The Morgan fingerprint density at radius 1 is 0.815 bits per heavy atom. The summed E-state index contributed by atoms with van der Waals surface area (Å²) < 4.78 is 53.4. The van der Waals surface area contributed by atoms with Crippen LogP contribution in [0.25, 0.3) is 0 Å². The molecule has 0 radical (unpaired) electrons. The number of rotatable bonds is 5. The third kappa shape index (κ3) is 4.18. The van der Waals surface area contributed by atoms with Crippen LogP contribution in [0.2, 0.25) is 0 Å². The van der Waals surface area contributed by atoms with E-state index in [0.717, 1.165) is 23.6 Å². The van der Waals surface area contributed by atoms with Gasteiger partial charge in [-0.2, -0.15) is 8.61 Å². The molecule has 0 N–H and O–H groups in total. The summed E-state index contributed by atoms with van der Waals surface area (Å²) in [6, 6.07) is 5.15. The number of aliphatic carboxylic acids is 1. The second-order valence-corrected chi connectivity index (χ2v) is 10.8. The molecule has 10 heteroatoms. The average molecular weight is 416 g/mol. The normalized spacial score (nSPS) is 23.2. The van der Waals surface area contributed by atoms with Crippen molar-refractivity contribution in [2.45, 2.75) is 41.9 Å². The van der Waals surface area contributed by atoms with E-state index in [2.05, 4.69) is 0 Å². The maximum atomic E-state index is 12.8. The Hall–Kier alpha value is -1.49. The van der Waals surface area contributed by atoms with Crippen molar-refractivity contribution in [2.24, 2.45) is 5.92 Å². The smallest absolute Gasteiger partial charge is 0.243 e. The highest BCUT2D eigenvalue weighted by atomic mass is 32.2. The van der Waals surface area contributed by atoms with E-state index in [-0.39, 0.29) is 22.9 Å². The van der Waals surface area contributed by atoms with Gasteiger partial charge in [0.1, 0.15) is 0 Å². The van der Waals surface area contributed by atoms with E-state index in [1.54, 1.807) is 0 Å². The van der Waals surface area contributed by atoms with Crippen molar-refractivity contribution >= 4 is 26.0 Å². The Balaban J connectivity index is 1.81. The van der Waals surface area contributed by atoms with Crippen LogP contribution in [-0.2, 0) is 24.8 Å². The van der Waals surface area contributed by atoms with Crippen molar-refractivity contribution in [1.82, 2.24) is 8.61 Å². The fraction of sp³-hybridized carbons (Fsp3) is 0.588. The molecule has 1 atom stereocenters. The molecule has 150 valence electrons. The summed E-state index contributed by atoms with van der Waals surface area (Å²) in [7, 11) is -7.51. The van der Waals surface area contributed by atoms with Crippen LogP contribution in [0.3, 0.4) is 0 Å². The highest BCUT2D eigenvalue weighted by molar-refractivity contribution is 7.89. The fourth-order valence-corrected chi connectivity index (χ4v) is 6.58. The second-order valence-electron chi connectivity index (χ2n) is 6.96. The lowest BCUT2D eigenvalue weighted by atomic mass is 10.0. The van der Waals surface area contributed by atoms with Crippen LogP contribution in [-0.4, -0.2) is 57.6 Å². The largest absolute Gasteiger partial charge is 0.550 e. The molecule has 2 aliphatic rings. The number of carbonyl (C=O) groups is 1. The number of hydrogen-bond donors (Lipinski definition) is 0. The molecule has 2 fully saturated rings. The standard InChI is InChI=1S/C17H24N2O6S2/c20-17(21)14-5-4-12-19(13-14)27(24,25)16-8-6-15(7-9-16)26(22,23)18-10-2-1-3-11-18/h6-9,14H,1-5,10-13H2,(H,20,21)/p-1/t14-/m1/s1. The van der Waals surface area contributed by atoms with E-state index >= 15 is 0 Å². The first kappa shape index (κ1) is 20.2. The molecule has 1 aromatic rings. The molecule has 0 bridgehead atoms. The molecular weight excluding hydrogens is 392 g/mol. The van der Waals surface area contributed by atoms with Gasteiger partial charge in [-0.25, -0.2) is 16.8 Å². The monoisotopic (exact) mass is 415 g/mol. The summed E-state index contributed by atoms with van der Waals surface area (Å²) in [5.41, 5.74) is 0. The van der Waals surface area contributed by atoms with Crippen molar-refractivity contribution in [1.29, 1.82) is 0 Å². The van der Waals surface area contributed by atoms with Gasteiger partial charge in [0.15, 0.2) is 0 Å². The van der Waals surface area contributed by atoms with Crippen molar-refractivity contribution in [3.05, 3.63) is 24.3 Å². The Bertz CT molecular complexity index is 890. The first-order chi connectivity index (χ1) is 12.7. The van der Waals surface area contributed by atoms with Crippen LogP contribution in [0.1, 0.15) is 32.1 Å². The summed E-state index contributed by atoms with van der Waals surface area (Å²) in [6.45, 7) is 1.06. The van der Waals surface area contributed by atoms with E-state index in [4.69, 9.17) is 0 Å². The lowest BCUT2D eigenvalue weighted by molar-refractivity contribution is -0.312. The molecule has 2 heterocycles. The Morgan fingerprint density at radius 3 is 1.81 bits per heavy atom. The van der Waals surface area contributed by atoms with Gasteiger partial charge >= 0.3 is 0 Å². The van der Waals surface area contributed by atoms with Gasteiger partial charge in [-0.3, -0.25) is 0 Å². The van der Waals surface area contributed by atoms with E-state index in [1.165, 1.54) is 28.6 Å². The van der Waals surface area contributed by atoms with Gasteiger partial charge in [-0.1, -0.05) is 6.42 Å². The highest BCUT2D eigenvalue weighted by Crippen LogP contribution is 2.26. The highest BCUT2D eigenvalue weighted by Gasteiger charge is 2.31. The third-order valence-electron chi connectivity index (χ3n) is 5.13. The molecule has 2 saturated heterocycles. The molecule has 0 amide bonds. The van der Waals surface area contributed by atoms with Crippen LogP contribution < -0.4 is 5.11 Å². The van der Waals surface area contributed by atoms with Gasteiger partial charge < -0.3 is 9.90 Å². The maximum absolute atomic E-state index is 12.8. The lowest BCUT2D eigenvalue weighted by Crippen LogP contribution is -2.46. The van der Waals surface area contributed by atoms with E-state index in [0.29, 0.717) is 25.9 Å². The number of nitrogens with zero attached hydrogens (tertiary/aromatic N) is 2. The third-order valence-corrected chi connectivity index (χ3v) is 8.92. The van der Waals surface area contributed by atoms with Crippen molar-refractivity contribution in [3.63, 3.8) is 0 Å². The Morgan fingerprint density at radius 2 is 1.30 bits per heavy atom. The van der Waals surface area contributed by atoms with Gasteiger partial charge in [0.25, 0.3) is 0 Å². The van der Waals surface area contributed by atoms with Crippen LogP contribution in [0.4, 0.5) is 0 Å². The van der Waals surface area contributed by atoms with Crippen molar-refractivity contribution < 1.29 is 26.7 Å². The summed E-state index contributed by atoms with van der Waals surface area (Å²) in [5.74, 6) is -2.08. The van der Waals surface area contributed by atoms with Gasteiger partial charge in [0.05, 0.1) is 9.79 Å². The zero-order valence-electron chi connectivity index (χ0n) is 14.9. The number of sulfonamides is 2. The summed E-state index contributed by atoms with van der Waals surface area (Å²) in [5, 5.41) is 11.1. The van der Waals surface area contributed by atoms with Crippen molar-refractivity contribution in [3.8, 4) is 0 Å². The number of hydrogen-bond acceptors (Lipinski definition) is 6. The molecule has 27 heavy (non-hydrogen) atoms. The molecule has 8 nitrogen and oxygen atoms in total. The first-order valence-corrected chi connectivity index (χ1v) is 11.9. The zero-order valence-corrected chi connectivity index (χ0v) is 16.5. The fourth-order valence-electron chi connectivity index (χ4n) is 3.54. The van der Waals surface area contributed by atoms with E-state index in [1.807, 2.05) is 0 Å². The Kier molecular flexibility index (Phi) is 5.90. The number of piperidine rings is 2. The van der Waals surface area contributed by atoms with Gasteiger partial charge in [-0.15, -0.1) is 0 Å². The maximum Gasteiger partial charge on any atom is 0.243 e. The minimum Gasteiger partial charge on any atom is -0.550 e. The first-order valence-electron chi connectivity index (χ1n) is 9.04. The predicted octanol–water partition coefficient (Wildman–Crippen LogP) is 0.0118. The number of carboxylic acid groups (broad SMARTS) is 1. The molecule has 0 saturated carbocycles. The van der Waals surface area contributed by atoms with Gasteiger partial charge in [0.2, 0.25) is 20.0 Å². The van der Waals surface area contributed by atoms with Crippen LogP contribution in [0.5, 0.6) is 0 Å². The summed E-state index contributed by atoms with van der Waals surface area (Å²) in [4.78, 5) is 11.1. The quantitative estimate of drug-likeness (QED) is 0.669. The molecule has 0 aromatic heterocycles. The van der Waals surface area contributed by atoms with Gasteiger partial charge in [0, 0.05) is 38.1 Å². The number of carbonyl (C=O) groups excluding carboxylic acids is 1. The lowest BCUT2D eigenvalue weighted by Gasteiger charge is -2.32. The van der Waals surface area contributed by atoms with Crippen LogP contribution in [0.15, 0.2) is 34.1 Å².